The van der Waals surface area contributed by atoms with Crippen molar-refractivity contribution in [2.24, 2.45) is 7.05 Å². The summed E-state index contributed by atoms with van der Waals surface area (Å²) in [5.41, 5.74) is 3.39. The monoisotopic (exact) mass is 381 g/mol. The number of benzene rings is 2. The molecule has 0 radical (unpaired) electrons. The van der Waals surface area contributed by atoms with Crippen LogP contribution in [0, 0.1) is 0 Å². The fraction of sp³-hybridized carbons (Fsp3) is 0.318. The van der Waals surface area contributed by atoms with Crippen LogP contribution >= 0.6 is 0 Å². The number of nitrogens with zero attached hydrogens (tertiary/aromatic N) is 2. The normalized spacial score (nSPS) is 11.1. The summed E-state index contributed by atoms with van der Waals surface area (Å²) in [6, 6.07) is 13.2. The zero-order valence-electron chi connectivity index (χ0n) is 17.1. The lowest BCUT2D eigenvalue weighted by Gasteiger charge is -2.18. The Kier molecular flexibility index (Phi) is 5.90. The Balaban J connectivity index is 2.15. The molecule has 0 unspecified atom stereocenters. The third-order valence-electron chi connectivity index (χ3n) is 4.82. The molecule has 6 heteroatoms. The number of hydrogen-bond acceptors (Lipinski definition) is 5. The van der Waals surface area contributed by atoms with Crippen LogP contribution in [-0.2, 0) is 7.05 Å². The second-order valence-electron chi connectivity index (χ2n) is 6.98. The number of aromatic nitrogens is 1. The van der Waals surface area contributed by atoms with Gasteiger partial charge < -0.3 is 24.3 Å². The van der Waals surface area contributed by atoms with Crippen LogP contribution in [0.2, 0.25) is 0 Å². The summed E-state index contributed by atoms with van der Waals surface area (Å²) in [6.45, 7) is 1.60. The number of rotatable bonds is 7. The maximum Gasteiger partial charge on any atom is 0.192 e. The van der Waals surface area contributed by atoms with Gasteiger partial charge >= 0.3 is 0 Å². The van der Waals surface area contributed by atoms with Crippen molar-refractivity contribution in [1.82, 2.24) is 9.47 Å². The molecule has 2 aromatic carbocycles. The number of anilines is 1. The van der Waals surface area contributed by atoms with Crippen molar-refractivity contribution < 1.29 is 9.47 Å². The summed E-state index contributed by atoms with van der Waals surface area (Å²) in [4.78, 5) is 15.1. The topological polar surface area (TPSA) is 55.7 Å². The fourth-order valence-electron chi connectivity index (χ4n) is 3.26. The van der Waals surface area contributed by atoms with Crippen molar-refractivity contribution in [2.75, 3.05) is 46.7 Å². The molecule has 3 aromatic rings. The Morgan fingerprint density at radius 2 is 1.68 bits per heavy atom. The number of fused-ring (bicyclic) bond motifs is 1. The van der Waals surface area contributed by atoms with Gasteiger partial charge in [-0.15, -0.1) is 0 Å². The summed E-state index contributed by atoms with van der Waals surface area (Å²) in [7, 11) is 9.27. The summed E-state index contributed by atoms with van der Waals surface area (Å²) in [5, 5.41) is 4.05. The Hall–Kier alpha value is -2.99. The molecular weight excluding hydrogens is 354 g/mol. The summed E-state index contributed by atoms with van der Waals surface area (Å²) in [5.74, 6) is 1.49. The molecule has 3 rings (SSSR count). The van der Waals surface area contributed by atoms with Gasteiger partial charge in [-0.25, -0.2) is 0 Å². The van der Waals surface area contributed by atoms with Crippen LogP contribution in [0.5, 0.6) is 11.5 Å². The summed E-state index contributed by atoms with van der Waals surface area (Å²) < 4.78 is 12.7. The molecule has 0 saturated heterocycles. The lowest BCUT2D eigenvalue weighted by atomic mass is 10.1. The predicted octanol–water partition coefficient (Wildman–Crippen LogP) is 3.20. The highest BCUT2D eigenvalue weighted by Gasteiger charge is 2.14. The highest BCUT2D eigenvalue weighted by Crippen LogP contribution is 2.30. The Labute approximate surface area is 165 Å². The molecule has 0 aliphatic rings. The molecule has 1 heterocycles. The van der Waals surface area contributed by atoms with Crippen LogP contribution in [-0.4, -0.2) is 50.9 Å². The summed E-state index contributed by atoms with van der Waals surface area (Å²) in [6.07, 6.45) is 0. The fourth-order valence-corrected chi connectivity index (χ4v) is 3.26. The molecule has 0 saturated carbocycles. The van der Waals surface area contributed by atoms with E-state index < -0.39 is 0 Å². The zero-order valence-corrected chi connectivity index (χ0v) is 17.1. The van der Waals surface area contributed by atoms with E-state index in [9.17, 15) is 4.79 Å². The van der Waals surface area contributed by atoms with Crippen LogP contribution in [0.15, 0.2) is 47.3 Å². The van der Waals surface area contributed by atoms with Crippen LogP contribution in [0.4, 0.5) is 5.69 Å². The quantitative estimate of drug-likeness (QED) is 0.681. The molecule has 28 heavy (non-hydrogen) atoms. The van der Waals surface area contributed by atoms with Crippen molar-refractivity contribution in [3.05, 3.63) is 52.7 Å². The van der Waals surface area contributed by atoms with Crippen molar-refractivity contribution in [1.29, 1.82) is 0 Å². The van der Waals surface area contributed by atoms with Gasteiger partial charge in [-0.1, -0.05) is 0 Å². The van der Waals surface area contributed by atoms with Gasteiger partial charge in [-0.3, -0.25) is 4.79 Å². The minimum Gasteiger partial charge on any atom is -0.497 e. The molecule has 1 aromatic heterocycles. The van der Waals surface area contributed by atoms with Crippen molar-refractivity contribution >= 4 is 16.6 Å². The second kappa shape index (κ2) is 8.35. The minimum atomic E-state index is -0.0195. The number of ether oxygens (including phenoxy) is 2. The van der Waals surface area contributed by atoms with Crippen LogP contribution in [0.25, 0.3) is 22.2 Å². The van der Waals surface area contributed by atoms with E-state index in [1.165, 1.54) is 0 Å². The number of methoxy groups -OCH3 is 2. The van der Waals surface area contributed by atoms with E-state index in [-0.39, 0.29) is 5.43 Å². The Morgan fingerprint density at radius 3 is 2.29 bits per heavy atom. The van der Waals surface area contributed by atoms with E-state index >= 15 is 0 Å². The van der Waals surface area contributed by atoms with E-state index in [0.29, 0.717) is 11.1 Å². The first-order valence-electron chi connectivity index (χ1n) is 9.19. The molecule has 0 aliphatic heterocycles. The van der Waals surface area contributed by atoms with Gasteiger partial charge in [0.2, 0.25) is 0 Å². The van der Waals surface area contributed by atoms with E-state index in [1.54, 1.807) is 20.3 Å². The van der Waals surface area contributed by atoms with Gasteiger partial charge in [-0.05, 0) is 43.9 Å². The van der Waals surface area contributed by atoms with E-state index in [1.807, 2.05) is 62.1 Å². The third kappa shape index (κ3) is 3.97. The van der Waals surface area contributed by atoms with Gasteiger partial charge in [0, 0.05) is 38.3 Å². The number of likely N-dealkylation sites (N-methyl/N-ethyl adjacent to an activating group) is 1. The van der Waals surface area contributed by atoms with Crippen molar-refractivity contribution in [2.45, 2.75) is 0 Å². The van der Waals surface area contributed by atoms with Crippen LogP contribution in [0.3, 0.4) is 0 Å². The molecule has 0 atom stereocenters. The van der Waals surface area contributed by atoms with E-state index in [2.05, 4.69) is 10.2 Å². The zero-order chi connectivity index (χ0) is 20.3. The van der Waals surface area contributed by atoms with Gasteiger partial charge in [0.05, 0.1) is 36.5 Å². The van der Waals surface area contributed by atoms with Gasteiger partial charge in [-0.2, -0.15) is 0 Å². The second-order valence-corrected chi connectivity index (χ2v) is 6.98. The summed E-state index contributed by atoms with van der Waals surface area (Å²) >= 11 is 0. The average Bonchev–Trinajstić information content (AvgIpc) is 2.70. The lowest BCUT2D eigenvalue weighted by molar-refractivity contribution is 0.415. The first-order chi connectivity index (χ1) is 13.4. The van der Waals surface area contributed by atoms with Gasteiger partial charge in [0.25, 0.3) is 0 Å². The Morgan fingerprint density at radius 1 is 1.00 bits per heavy atom. The number of pyridine rings is 1. The van der Waals surface area contributed by atoms with E-state index in [0.717, 1.165) is 41.3 Å². The number of nitrogens with one attached hydrogen (secondary N) is 1. The highest BCUT2D eigenvalue weighted by atomic mass is 16.5. The third-order valence-corrected chi connectivity index (χ3v) is 4.82. The minimum absolute atomic E-state index is 0.0195. The standard InChI is InChI=1S/C22H27N3O3/c1-24(2)11-10-23-18-12-17(28-5)13-20-22(18)21(26)14-19(25(20)3)15-6-8-16(27-4)9-7-15/h6-9,12-14,23H,10-11H2,1-5H3. The van der Waals surface area contributed by atoms with Gasteiger partial charge in [0.15, 0.2) is 5.43 Å². The molecule has 148 valence electrons. The SMILES string of the molecule is COc1ccc(-c2cc(=O)c3c(NCCN(C)C)cc(OC)cc3n2C)cc1. The molecule has 1 N–H and O–H groups in total. The number of hydrogen-bond donors (Lipinski definition) is 1. The molecule has 0 spiro atoms. The maximum absolute atomic E-state index is 13.0. The molecule has 0 bridgehead atoms. The molecule has 0 aliphatic carbocycles. The predicted molar refractivity (Wildman–Crippen MR) is 115 cm³/mol. The highest BCUT2D eigenvalue weighted by molar-refractivity contribution is 5.94. The number of aryl methyl sites for hydroxylation is 1. The molecule has 0 amide bonds. The van der Waals surface area contributed by atoms with Crippen molar-refractivity contribution in [3.63, 3.8) is 0 Å². The molecular formula is C22H27N3O3. The largest absolute Gasteiger partial charge is 0.497 e. The smallest absolute Gasteiger partial charge is 0.192 e. The first kappa shape index (κ1) is 19.8. The van der Waals surface area contributed by atoms with Crippen LogP contribution < -0.4 is 20.2 Å². The van der Waals surface area contributed by atoms with Crippen LogP contribution in [0.1, 0.15) is 0 Å². The van der Waals surface area contributed by atoms with Gasteiger partial charge in [0.1, 0.15) is 11.5 Å². The van der Waals surface area contributed by atoms with Crippen molar-refractivity contribution in [3.8, 4) is 22.8 Å². The molecule has 6 nitrogen and oxygen atoms in total. The average molecular weight is 381 g/mol. The Bertz CT molecular complexity index is 1020. The van der Waals surface area contributed by atoms with E-state index in [4.69, 9.17) is 9.47 Å². The lowest BCUT2D eigenvalue weighted by Crippen LogP contribution is -2.21. The first-order valence-corrected chi connectivity index (χ1v) is 9.19. The maximum atomic E-state index is 13.0. The molecule has 0 fully saturated rings.